The van der Waals surface area contributed by atoms with Gasteiger partial charge >= 0.3 is 5.97 Å². The normalized spacial score (nSPS) is 10.1. The molecule has 122 valence electrons. The van der Waals surface area contributed by atoms with Gasteiger partial charge in [0.25, 0.3) is 0 Å². The predicted octanol–water partition coefficient (Wildman–Crippen LogP) is 2.48. The van der Waals surface area contributed by atoms with Crippen LogP contribution in [0.4, 0.5) is 0 Å². The van der Waals surface area contributed by atoms with Gasteiger partial charge in [-0.2, -0.15) is 0 Å². The third kappa shape index (κ3) is 2.98. The molecule has 0 unspecified atom stereocenters. The lowest BCUT2D eigenvalue weighted by Gasteiger charge is -2.17. The fourth-order valence-corrected chi connectivity index (χ4v) is 2.24. The first-order valence-electron chi connectivity index (χ1n) is 6.65. The molecule has 0 bridgehead atoms. The minimum atomic E-state index is -1.15. The molecule has 2 aromatic rings. The van der Waals surface area contributed by atoms with E-state index >= 15 is 0 Å². The molecular weight excluding hydrogens is 302 g/mol. The summed E-state index contributed by atoms with van der Waals surface area (Å²) in [5.74, 6) is -0.142. The first-order chi connectivity index (χ1) is 11.1. The van der Waals surface area contributed by atoms with Gasteiger partial charge in [0.15, 0.2) is 11.5 Å². The quantitative estimate of drug-likeness (QED) is 0.875. The largest absolute Gasteiger partial charge is 0.492 e. The van der Waals surface area contributed by atoms with Crippen molar-refractivity contribution in [3.63, 3.8) is 0 Å². The summed E-state index contributed by atoms with van der Waals surface area (Å²) in [5.41, 5.74) is 0.899. The van der Waals surface area contributed by atoms with Crippen molar-refractivity contribution in [1.29, 1.82) is 0 Å². The van der Waals surface area contributed by atoms with Crippen molar-refractivity contribution in [3.05, 3.63) is 29.8 Å². The summed E-state index contributed by atoms with van der Waals surface area (Å²) in [7, 11) is 5.74. The highest BCUT2D eigenvalue weighted by molar-refractivity contribution is 5.95. The van der Waals surface area contributed by atoms with Crippen LogP contribution in [0.3, 0.4) is 0 Å². The number of nitrogens with zero attached hydrogens (tertiary/aromatic N) is 1. The maximum atomic E-state index is 11.5. The van der Waals surface area contributed by atoms with Crippen LogP contribution in [0.15, 0.2) is 24.3 Å². The summed E-state index contributed by atoms with van der Waals surface area (Å²) in [4.78, 5) is 15.8. The van der Waals surface area contributed by atoms with Crippen LogP contribution < -0.4 is 18.9 Å². The number of aromatic carboxylic acids is 1. The topological polar surface area (TPSA) is 87.1 Å². The Hall–Kier alpha value is -2.96. The molecule has 0 radical (unpaired) electrons. The van der Waals surface area contributed by atoms with Gasteiger partial charge in [0.1, 0.15) is 5.56 Å². The number of carboxylic acid groups (broad SMARTS) is 1. The van der Waals surface area contributed by atoms with E-state index in [1.165, 1.54) is 34.5 Å². The van der Waals surface area contributed by atoms with Crippen LogP contribution in [-0.2, 0) is 0 Å². The first kappa shape index (κ1) is 16.4. The Labute approximate surface area is 133 Å². The molecule has 0 spiro atoms. The highest BCUT2D eigenvalue weighted by Crippen LogP contribution is 2.46. The average molecular weight is 319 g/mol. The number of carboxylic acids is 1. The molecule has 0 saturated carbocycles. The Bertz CT molecular complexity index is 729. The molecule has 2 rings (SSSR count). The first-order valence-corrected chi connectivity index (χ1v) is 6.65. The van der Waals surface area contributed by atoms with E-state index in [1.807, 2.05) is 0 Å². The second-order valence-electron chi connectivity index (χ2n) is 4.44. The van der Waals surface area contributed by atoms with E-state index in [0.29, 0.717) is 22.9 Å². The minimum absolute atomic E-state index is 0.0511. The Morgan fingerprint density at radius 3 is 2.13 bits per heavy atom. The summed E-state index contributed by atoms with van der Waals surface area (Å²) < 4.78 is 21.0. The lowest BCUT2D eigenvalue weighted by molar-refractivity contribution is 0.0692. The second kappa shape index (κ2) is 6.87. The van der Waals surface area contributed by atoms with E-state index in [1.54, 1.807) is 18.2 Å². The zero-order valence-corrected chi connectivity index (χ0v) is 13.2. The number of aromatic nitrogens is 1. The summed E-state index contributed by atoms with van der Waals surface area (Å²) in [6.45, 7) is 0. The molecule has 23 heavy (non-hydrogen) atoms. The molecule has 0 aliphatic heterocycles. The van der Waals surface area contributed by atoms with Crippen molar-refractivity contribution < 1.29 is 28.8 Å². The fraction of sp³-hybridized carbons (Fsp3) is 0.250. The van der Waals surface area contributed by atoms with Crippen LogP contribution in [0.25, 0.3) is 11.3 Å². The molecule has 7 heteroatoms. The highest BCUT2D eigenvalue weighted by Gasteiger charge is 2.25. The van der Waals surface area contributed by atoms with Crippen molar-refractivity contribution in [3.8, 4) is 34.4 Å². The molecule has 1 aromatic carbocycles. The Balaban J connectivity index is 2.80. The third-order valence-corrected chi connectivity index (χ3v) is 3.24. The van der Waals surface area contributed by atoms with Crippen LogP contribution in [0.2, 0.25) is 0 Å². The van der Waals surface area contributed by atoms with Gasteiger partial charge in [0.2, 0.25) is 11.6 Å². The molecule has 0 fully saturated rings. The van der Waals surface area contributed by atoms with E-state index in [2.05, 4.69) is 4.98 Å². The standard InChI is InChI=1S/C16H17NO6/c1-20-12-7-5-6-11(17-12)9-8-10(16(18)19)14(22-3)15(23-4)13(9)21-2/h5-8H,1-4H3,(H,18,19). The van der Waals surface area contributed by atoms with Crippen molar-refractivity contribution in [2.24, 2.45) is 0 Å². The molecule has 7 nitrogen and oxygen atoms in total. The SMILES string of the molecule is COc1cccc(-c2cc(C(=O)O)c(OC)c(OC)c2OC)n1. The van der Waals surface area contributed by atoms with Gasteiger partial charge in [0, 0.05) is 11.6 Å². The molecule has 0 saturated heterocycles. The smallest absolute Gasteiger partial charge is 0.339 e. The molecule has 0 amide bonds. The van der Waals surface area contributed by atoms with Gasteiger partial charge in [-0.3, -0.25) is 0 Å². The van der Waals surface area contributed by atoms with Crippen molar-refractivity contribution in [1.82, 2.24) is 4.98 Å². The third-order valence-electron chi connectivity index (χ3n) is 3.24. The maximum Gasteiger partial charge on any atom is 0.339 e. The molecule has 1 heterocycles. The lowest BCUT2D eigenvalue weighted by Crippen LogP contribution is -2.06. The summed E-state index contributed by atoms with van der Waals surface area (Å²) in [6, 6.07) is 6.59. The zero-order valence-electron chi connectivity index (χ0n) is 13.2. The molecule has 1 aromatic heterocycles. The molecule has 1 N–H and O–H groups in total. The summed E-state index contributed by atoms with van der Waals surface area (Å²) >= 11 is 0. The molecule has 0 atom stereocenters. The van der Waals surface area contributed by atoms with Crippen molar-refractivity contribution >= 4 is 5.97 Å². The number of pyridine rings is 1. The minimum Gasteiger partial charge on any atom is -0.492 e. The van der Waals surface area contributed by atoms with Gasteiger partial charge in [-0.05, 0) is 12.1 Å². The number of hydrogen-bond acceptors (Lipinski definition) is 6. The molecule has 0 aliphatic rings. The van der Waals surface area contributed by atoms with Crippen LogP contribution in [0, 0.1) is 0 Å². The Morgan fingerprint density at radius 2 is 1.61 bits per heavy atom. The Morgan fingerprint density at radius 1 is 0.957 bits per heavy atom. The van der Waals surface area contributed by atoms with Gasteiger partial charge in [-0.1, -0.05) is 6.07 Å². The van der Waals surface area contributed by atoms with Gasteiger partial charge in [0.05, 0.1) is 34.1 Å². The monoisotopic (exact) mass is 319 g/mol. The second-order valence-corrected chi connectivity index (χ2v) is 4.44. The van der Waals surface area contributed by atoms with Gasteiger partial charge < -0.3 is 24.1 Å². The number of hydrogen-bond donors (Lipinski definition) is 1. The van der Waals surface area contributed by atoms with Crippen LogP contribution >= 0.6 is 0 Å². The van der Waals surface area contributed by atoms with E-state index in [4.69, 9.17) is 18.9 Å². The van der Waals surface area contributed by atoms with Crippen molar-refractivity contribution in [2.45, 2.75) is 0 Å². The number of ether oxygens (including phenoxy) is 4. The Kier molecular flexibility index (Phi) is 4.90. The number of benzene rings is 1. The van der Waals surface area contributed by atoms with Gasteiger partial charge in [-0.15, -0.1) is 0 Å². The predicted molar refractivity (Wildman–Crippen MR) is 82.8 cm³/mol. The van der Waals surface area contributed by atoms with Crippen molar-refractivity contribution in [2.75, 3.05) is 28.4 Å². The highest BCUT2D eigenvalue weighted by atomic mass is 16.5. The van der Waals surface area contributed by atoms with Crippen LogP contribution in [0.1, 0.15) is 10.4 Å². The van der Waals surface area contributed by atoms with Crippen LogP contribution in [0.5, 0.6) is 23.1 Å². The molecular formula is C16H17NO6. The van der Waals surface area contributed by atoms with E-state index in [-0.39, 0.29) is 17.1 Å². The average Bonchev–Trinajstić information content (AvgIpc) is 2.59. The fourth-order valence-electron chi connectivity index (χ4n) is 2.24. The number of carbonyl (C=O) groups is 1. The number of rotatable bonds is 6. The number of methoxy groups -OCH3 is 4. The van der Waals surface area contributed by atoms with Gasteiger partial charge in [-0.25, -0.2) is 9.78 Å². The van der Waals surface area contributed by atoms with Crippen LogP contribution in [-0.4, -0.2) is 44.5 Å². The lowest BCUT2D eigenvalue weighted by atomic mass is 10.0. The summed E-state index contributed by atoms with van der Waals surface area (Å²) in [5, 5.41) is 9.43. The van der Waals surface area contributed by atoms with E-state index in [0.717, 1.165) is 0 Å². The van der Waals surface area contributed by atoms with E-state index in [9.17, 15) is 9.90 Å². The summed E-state index contributed by atoms with van der Waals surface area (Å²) in [6.07, 6.45) is 0. The van der Waals surface area contributed by atoms with E-state index < -0.39 is 5.97 Å². The molecule has 0 aliphatic carbocycles. The zero-order chi connectivity index (χ0) is 17.0. The maximum absolute atomic E-state index is 11.5.